The molecule has 7 heteroatoms. The predicted molar refractivity (Wildman–Crippen MR) is 109 cm³/mol. The molecule has 144 valence electrons. The Hall–Kier alpha value is -2.54. The number of hydrazone groups is 1. The van der Waals surface area contributed by atoms with E-state index in [1.54, 1.807) is 30.5 Å². The van der Waals surface area contributed by atoms with E-state index in [4.69, 9.17) is 9.47 Å². The largest absolute Gasteiger partial charge is 0.508 e. The molecule has 27 heavy (non-hydrogen) atoms. The van der Waals surface area contributed by atoms with Gasteiger partial charge in [0.05, 0.1) is 30.3 Å². The molecule has 0 aliphatic carbocycles. The third kappa shape index (κ3) is 6.60. The molecule has 0 unspecified atom stereocenters. The number of nitrogens with zero attached hydrogens (tertiary/aromatic N) is 1. The highest BCUT2D eigenvalue weighted by Gasteiger charge is 2.11. The molecule has 0 atom stereocenters. The molecule has 2 aromatic rings. The van der Waals surface area contributed by atoms with Crippen LogP contribution in [0.4, 0.5) is 0 Å². The summed E-state index contributed by atoms with van der Waals surface area (Å²) in [6.45, 7) is 5.05. The summed E-state index contributed by atoms with van der Waals surface area (Å²) in [4.78, 5) is 12.0. The van der Waals surface area contributed by atoms with Crippen molar-refractivity contribution in [1.29, 1.82) is 0 Å². The maximum absolute atomic E-state index is 12.0. The minimum absolute atomic E-state index is 0.166. The number of phenols is 1. The molecule has 1 amide bonds. The average Bonchev–Trinajstić information content (AvgIpc) is 2.63. The van der Waals surface area contributed by atoms with Crippen LogP contribution in [-0.2, 0) is 11.2 Å². The van der Waals surface area contributed by atoms with Gasteiger partial charge < -0.3 is 14.6 Å². The Morgan fingerprint density at radius 1 is 1.22 bits per heavy atom. The Bertz CT molecular complexity index is 791. The van der Waals surface area contributed by atoms with E-state index in [1.807, 2.05) is 26.0 Å². The van der Waals surface area contributed by atoms with Gasteiger partial charge in [0.15, 0.2) is 11.5 Å². The number of hydrogen-bond acceptors (Lipinski definition) is 5. The summed E-state index contributed by atoms with van der Waals surface area (Å²) in [6.07, 6.45) is 2.62. The molecule has 0 saturated heterocycles. The minimum atomic E-state index is -0.246. The van der Waals surface area contributed by atoms with Crippen LogP contribution in [0.2, 0.25) is 0 Å². The van der Waals surface area contributed by atoms with E-state index in [0.29, 0.717) is 24.7 Å². The number of benzene rings is 2. The van der Waals surface area contributed by atoms with Crippen molar-refractivity contribution in [2.24, 2.45) is 5.10 Å². The number of phenolic OH excluding ortho intramolecular Hbond substituents is 1. The SMILES string of the molecule is CCCOc1c(Br)cc(/C=N\NC(=O)Cc2ccc(O)cc2)cc1OCC. The molecule has 0 spiro atoms. The highest BCUT2D eigenvalue weighted by molar-refractivity contribution is 9.10. The average molecular weight is 435 g/mol. The number of carbonyl (C=O) groups excluding carboxylic acids is 1. The van der Waals surface area contributed by atoms with E-state index in [0.717, 1.165) is 22.0 Å². The Morgan fingerprint density at radius 3 is 2.63 bits per heavy atom. The van der Waals surface area contributed by atoms with Gasteiger partial charge in [-0.2, -0.15) is 5.10 Å². The Labute approximate surface area is 167 Å². The van der Waals surface area contributed by atoms with E-state index >= 15 is 0 Å². The topological polar surface area (TPSA) is 80.2 Å². The van der Waals surface area contributed by atoms with Crippen molar-refractivity contribution in [2.45, 2.75) is 26.7 Å². The van der Waals surface area contributed by atoms with Crippen LogP contribution >= 0.6 is 15.9 Å². The minimum Gasteiger partial charge on any atom is -0.508 e. The maximum Gasteiger partial charge on any atom is 0.244 e. The van der Waals surface area contributed by atoms with E-state index < -0.39 is 0 Å². The van der Waals surface area contributed by atoms with Crippen LogP contribution in [0.15, 0.2) is 46.0 Å². The van der Waals surface area contributed by atoms with Crippen molar-refractivity contribution in [3.05, 3.63) is 52.0 Å². The number of hydrogen-bond donors (Lipinski definition) is 2. The molecular weight excluding hydrogens is 412 g/mol. The number of halogens is 1. The van der Waals surface area contributed by atoms with Gasteiger partial charge in [0.25, 0.3) is 0 Å². The highest BCUT2D eigenvalue weighted by Crippen LogP contribution is 2.36. The summed E-state index contributed by atoms with van der Waals surface area (Å²) >= 11 is 3.49. The van der Waals surface area contributed by atoms with Crippen LogP contribution < -0.4 is 14.9 Å². The van der Waals surface area contributed by atoms with E-state index in [1.165, 1.54) is 0 Å². The Morgan fingerprint density at radius 2 is 1.96 bits per heavy atom. The molecule has 0 fully saturated rings. The zero-order chi connectivity index (χ0) is 19.6. The molecule has 0 aromatic heterocycles. The second kappa shape index (κ2) is 10.6. The molecule has 2 N–H and O–H groups in total. The van der Waals surface area contributed by atoms with E-state index in [2.05, 4.69) is 26.5 Å². The molecule has 0 radical (unpaired) electrons. The number of ether oxygens (including phenoxy) is 2. The summed E-state index contributed by atoms with van der Waals surface area (Å²) < 4.78 is 12.1. The van der Waals surface area contributed by atoms with Gasteiger partial charge in [-0.1, -0.05) is 19.1 Å². The normalized spacial score (nSPS) is 10.8. The van der Waals surface area contributed by atoms with Crippen LogP contribution in [0.25, 0.3) is 0 Å². The molecule has 2 aromatic carbocycles. The van der Waals surface area contributed by atoms with Gasteiger partial charge in [0, 0.05) is 0 Å². The third-order valence-corrected chi connectivity index (χ3v) is 4.08. The number of carbonyl (C=O) groups is 1. The number of rotatable bonds is 9. The first-order chi connectivity index (χ1) is 13.0. The van der Waals surface area contributed by atoms with Gasteiger partial charge >= 0.3 is 0 Å². The fourth-order valence-corrected chi connectivity index (χ4v) is 2.86. The second-order valence-corrected chi connectivity index (χ2v) is 6.60. The molecule has 0 saturated carbocycles. The van der Waals surface area contributed by atoms with Crippen LogP contribution in [-0.4, -0.2) is 30.4 Å². The first kappa shape index (κ1) is 20.8. The van der Waals surface area contributed by atoms with Gasteiger partial charge in [-0.15, -0.1) is 0 Å². The maximum atomic E-state index is 12.0. The quantitative estimate of drug-likeness (QED) is 0.460. The molecule has 0 aliphatic heterocycles. The summed E-state index contributed by atoms with van der Waals surface area (Å²) in [5.41, 5.74) is 4.05. The number of amides is 1. The second-order valence-electron chi connectivity index (χ2n) is 5.75. The molecule has 2 rings (SSSR count). The van der Waals surface area contributed by atoms with Crippen molar-refractivity contribution >= 4 is 28.1 Å². The van der Waals surface area contributed by atoms with Crippen molar-refractivity contribution in [3.63, 3.8) is 0 Å². The van der Waals surface area contributed by atoms with Gasteiger partial charge in [0.2, 0.25) is 5.91 Å². The van der Waals surface area contributed by atoms with Crippen LogP contribution in [0.5, 0.6) is 17.2 Å². The summed E-state index contributed by atoms with van der Waals surface area (Å²) in [7, 11) is 0. The number of nitrogens with one attached hydrogen (secondary N) is 1. The standard InChI is InChI=1S/C20H23BrN2O4/c1-3-9-27-20-17(21)10-15(11-18(20)26-4-2)13-22-23-19(25)12-14-5-7-16(24)8-6-14/h5-8,10-11,13,24H,3-4,9,12H2,1-2H3,(H,23,25)/b22-13-. The fourth-order valence-electron chi connectivity index (χ4n) is 2.29. The van der Waals surface area contributed by atoms with Crippen molar-refractivity contribution in [3.8, 4) is 17.2 Å². The summed E-state index contributed by atoms with van der Waals surface area (Å²) in [5, 5.41) is 13.3. The van der Waals surface area contributed by atoms with Crippen LogP contribution in [0.3, 0.4) is 0 Å². The lowest BCUT2D eigenvalue weighted by Crippen LogP contribution is -2.19. The fraction of sp³-hybridized carbons (Fsp3) is 0.300. The van der Waals surface area contributed by atoms with Gasteiger partial charge in [-0.05, 0) is 64.7 Å². The molecular formula is C20H23BrN2O4. The van der Waals surface area contributed by atoms with Crippen LogP contribution in [0.1, 0.15) is 31.4 Å². The molecule has 6 nitrogen and oxygen atoms in total. The molecule has 0 bridgehead atoms. The highest BCUT2D eigenvalue weighted by atomic mass is 79.9. The first-order valence-corrected chi connectivity index (χ1v) is 9.51. The number of aromatic hydroxyl groups is 1. The predicted octanol–water partition coefficient (Wildman–Crippen LogP) is 4.04. The lowest BCUT2D eigenvalue weighted by molar-refractivity contribution is -0.120. The van der Waals surface area contributed by atoms with Crippen molar-refractivity contribution in [1.82, 2.24) is 5.43 Å². The van der Waals surface area contributed by atoms with Gasteiger partial charge in [-0.3, -0.25) is 4.79 Å². The van der Waals surface area contributed by atoms with Crippen molar-refractivity contribution < 1.29 is 19.4 Å². The van der Waals surface area contributed by atoms with E-state index in [9.17, 15) is 9.90 Å². The van der Waals surface area contributed by atoms with E-state index in [-0.39, 0.29) is 18.1 Å². The zero-order valence-electron chi connectivity index (χ0n) is 15.4. The summed E-state index contributed by atoms with van der Waals surface area (Å²) in [5.74, 6) is 1.20. The Balaban J connectivity index is 2.02. The van der Waals surface area contributed by atoms with Crippen molar-refractivity contribution in [2.75, 3.05) is 13.2 Å². The summed E-state index contributed by atoms with van der Waals surface area (Å²) in [6, 6.07) is 10.1. The molecule has 0 heterocycles. The first-order valence-electron chi connectivity index (χ1n) is 8.72. The van der Waals surface area contributed by atoms with Gasteiger partial charge in [0.1, 0.15) is 5.75 Å². The third-order valence-electron chi connectivity index (χ3n) is 3.49. The smallest absolute Gasteiger partial charge is 0.244 e. The lowest BCUT2D eigenvalue weighted by Gasteiger charge is -2.14. The zero-order valence-corrected chi connectivity index (χ0v) is 17.0. The monoisotopic (exact) mass is 434 g/mol. The van der Waals surface area contributed by atoms with Crippen LogP contribution in [0, 0.1) is 0 Å². The molecule has 0 aliphatic rings. The lowest BCUT2D eigenvalue weighted by atomic mass is 10.1. The van der Waals surface area contributed by atoms with Gasteiger partial charge in [-0.25, -0.2) is 5.43 Å². The Kier molecular flexibility index (Phi) is 8.13.